The van der Waals surface area contributed by atoms with Crippen LogP contribution in [0.2, 0.25) is 5.02 Å². The maximum atomic E-state index is 13.3. The third-order valence-corrected chi connectivity index (χ3v) is 7.27. The standard InChI is InChI=1S/C19H19BrClN3O6S/c20-13-3-5-14(6-4-13)23(12-19(25)22-11-15-2-1-9-30-15)31(28,29)16-7-8-17(21)18(10-16)24(26)27/h3-8,10,15H,1-2,9,11-12H2,(H,22,25). The molecule has 31 heavy (non-hydrogen) atoms. The molecule has 9 nitrogen and oxygen atoms in total. The molecule has 1 aliphatic rings. The summed E-state index contributed by atoms with van der Waals surface area (Å²) in [6.45, 7) is 0.405. The molecule has 2 aromatic carbocycles. The molecule has 1 amide bonds. The lowest BCUT2D eigenvalue weighted by atomic mass is 10.2. The summed E-state index contributed by atoms with van der Waals surface area (Å²) in [5, 5.41) is 13.7. The summed E-state index contributed by atoms with van der Waals surface area (Å²) in [6.07, 6.45) is 1.64. The van der Waals surface area contributed by atoms with Gasteiger partial charge in [0.2, 0.25) is 5.91 Å². The van der Waals surface area contributed by atoms with E-state index in [1.54, 1.807) is 12.1 Å². The first-order chi connectivity index (χ1) is 14.7. The van der Waals surface area contributed by atoms with E-state index < -0.39 is 33.1 Å². The smallest absolute Gasteiger partial charge is 0.289 e. The van der Waals surface area contributed by atoms with Crippen LogP contribution in [0.5, 0.6) is 0 Å². The lowest BCUT2D eigenvalue weighted by molar-refractivity contribution is -0.384. The fourth-order valence-corrected chi connectivity index (χ4v) is 4.95. The van der Waals surface area contributed by atoms with Crippen molar-refractivity contribution in [1.29, 1.82) is 0 Å². The second-order valence-corrected chi connectivity index (χ2v) is 9.98. The number of amides is 1. The summed E-state index contributed by atoms with van der Waals surface area (Å²) >= 11 is 9.10. The number of nitrogens with one attached hydrogen (secondary N) is 1. The molecule has 1 N–H and O–H groups in total. The van der Waals surface area contributed by atoms with E-state index in [0.29, 0.717) is 6.61 Å². The predicted octanol–water partition coefficient (Wildman–Crippen LogP) is 3.50. The first-order valence-electron chi connectivity index (χ1n) is 9.29. The maximum absolute atomic E-state index is 13.3. The molecule has 12 heteroatoms. The highest BCUT2D eigenvalue weighted by Gasteiger charge is 2.30. The van der Waals surface area contributed by atoms with E-state index in [4.69, 9.17) is 16.3 Å². The molecule has 0 aromatic heterocycles. The van der Waals surface area contributed by atoms with Crippen molar-refractivity contribution in [1.82, 2.24) is 5.32 Å². The van der Waals surface area contributed by atoms with Gasteiger partial charge in [-0.25, -0.2) is 8.42 Å². The molecule has 3 rings (SSSR count). The molecule has 0 spiro atoms. The molecular formula is C19H19BrClN3O6S. The van der Waals surface area contributed by atoms with Crippen LogP contribution in [-0.4, -0.2) is 45.0 Å². The molecule has 1 heterocycles. The van der Waals surface area contributed by atoms with Crippen molar-refractivity contribution < 1.29 is 22.9 Å². The van der Waals surface area contributed by atoms with E-state index in [-0.39, 0.29) is 28.3 Å². The first-order valence-corrected chi connectivity index (χ1v) is 11.9. The van der Waals surface area contributed by atoms with Crippen LogP contribution in [0.1, 0.15) is 12.8 Å². The van der Waals surface area contributed by atoms with E-state index in [1.807, 2.05) is 0 Å². The van der Waals surface area contributed by atoms with Crippen LogP contribution in [-0.2, 0) is 19.6 Å². The third-order valence-electron chi connectivity index (χ3n) is 4.66. The van der Waals surface area contributed by atoms with E-state index in [0.717, 1.165) is 33.8 Å². The maximum Gasteiger partial charge on any atom is 0.289 e. The summed E-state index contributed by atoms with van der Waals surface area (Å²) in [7, 11) is -4.31. The van der Waals surface area contributed by atoms with Gasteiger partial charge in [-0.3, -0.25) is 19.2 Å². The Morgan fingerprint density at radius 1 is 1.29 bits per heavy atom. The number of benzene rings is 2. The van der Waals surface area contributed by atoms with E-state index in [2.05, 4.69) is 21.2 Å². The molecule has 0 radical (unpaired) electrons. The minimum atomic E-state index is -4.31. The van der Waals surface area contributed by atoms with E-state index in [1.165, 1.54) is 18.2 Å². The normalized spacial score (nSPS) is 16.1. The third kappa shape index (κ3) is 5.73. The summed E-state index contributed by atoms with van der Waals surface area (Å²) in [5.41, 5.74) is -0.311. The number of hydrogen-bond acceptors (Lipinski definition) is 6. The van der Waals surface area contributed by atoms with Crippen molar-refractivity contribution in [3.05, 3.63) is 62.1 Å². The Kier molecular flexibility index (Phi) is 7.52. The van der Waals surface area contributed by atoms with Crippen molar-refractivity contribution >= 4 is 54.8 Å². The molecule has 1 atom stereocenters. The highest BCUT2D eigenvalue weighted by molar-refractivity contribution is 9.10. The van der Waals surface area contributed by atoms with Gasteiger partial charge in [-0.05, 0) is 49.2 Å². The molecule has 1 unspecified atom stereocenters. The molecule has 166 valence electrons. The van der Waals surface area contributed by atoms with Gasteiger partial charge >= 0.3 is 0 Å². The number of carbonyl (C=O) groups excluding carboxylic acids is 1. The van der Waals surface area contributed by atoms with Crippen molar-refractivity contribution in [2.45, 2.75) is 23.8 Å². The van der Waals surface area contributed by atoms with Crippen LogP contribution in [0.15, 0.2) is 51.8 Å². The fraction of sp³-hybridized carbons (Fsp3) is 0.316. The Morgan fingerprint density at radius 3 is 2.61 bits per heavy atom. The van der Waals surface area contributed by atoms with Crippen LogP contribution >= 0.6 is 27.5 Å². The molecule has 1 saturated heterocycles. The Balaban J connectivity index is 1.91. The number of halogens is 2. The number of nitro groups is 1. The van der Waals surface area contributed by atoms with Gasteiger partial charge in [0.15, 0.2) is 0 Å². The van der Waals surface area contributed by atoms with Crippen LogP contribution < -0.4 is 9.62 Å². The number of anilines is 1. The highest BCUT2D eigenvalue weighted by Crippen LogP contribution is 2.31. The summed E-state index contributed by atoms with van der Waals surface area (Å²) in [5.74, 6) is -0.523. The van der Waals surface area contributed by atoms with Gasteiger partial charge in [0.1, 0.15) is 11.6 Å². The van der Waals surface area contributed by atoms with Crippen molar-refractivity contribution in [2.24, 2.45) is 0 Å². The number of hydrogen-bond donors (Lipinski definition) is 1. The van der Waals surface area contributed by atoms with Crippen LogP contribution in [0, 0.1) is 10.1 Å². The van der Waals surface area contributed by atoms with Crippen molar-refractivity contribution in [2.75, 3.05) is 24.0 Å². The monoisotopic (exact) mass is 531 g/mol. The summed E-state index contributed by atoms with van der Waals surface area (Å²) < 4.78 is 33.8. The van der Waals surface area contributed by atoms with Crippen LogP contribution in [0.4, 0.5) is 11.4 Å². The Labute approximate surface area is 192 Å². The Morgan fingerprint density at radius 2 is 2.00 bits per heavy atom. The second kappa shape index (κ2) is 9.94. The molecule has 0 aliphatic carbocycles. The Hall–Kier alpha value is -2.21. The largest absolute Gasteiger partial charge is 0.376 e. The quantitative estimate of drug-likeness (QED) is 0.411. The van der Waals surface area contributed by atoms with Gasteiger partial charge in [-0.15, -0.1) is 0 Å². The highest BCUT2D eigenvalue weighted by atomic mass is 79.9. The average molecular weight is 533 g/mol. The van der Waals surface area contributed by atoms with Crippen molar-refractivity contribution in [3.63, 3.8) is 0 Å². The fourth-order valence-electron chi connectivity index (χ4n) is 3.06. The topological polar surface area (TPSA) is 119 Å². The van der Waals surface area contributed by atoms with Gasteiger partial charge in [-0.1, -0.05) is 27.5 Å². The van der Waals surface area contributed by atoms with E-state index in [9.17, 15) is 23.3 Å². The number of ether oxygens (including phenoxy) is 1. The zero-order chi connectivity index (χ0) is 22.6. The summed E-state index contributed by atoms with van der Waals surface area (Å²) in [4.78, 5) is 22.6. The van der Waals surface area contributed by atoms with Gasteiger partial charge in [0.25, 0.3) is 15.7 Å². The lowest BCUT2D eigenvalue weighted by Gasteiger charge is -2.24. The zero-order valence-corrected chi connectivity index (χ0v) is 19.3. The average Bonchev–Trinajstić information content (AvgIpc) is 3.25. The van der Waals surface area contributed by atoms with Gasteiger partial charge in [0, 0.05) is 23.7 Å². The number of carbonyl (C=O) groups is 1. The first kappa shape index (κ1) is 23.5. The van der Waals surface area contributed by atoms with Crippen LogP contribution in [0.3, 0.4) is 0 Å². The molecule has 0 bridgehead atoms. The summed E-state index contributed by atoms with van der Waals surface area (Å²) in [6, 6.07) is 9.51. The number of nitro benzene ring substituents is 1. The zero-order valence-electron chi connectivity index (χ0n) is 16.2. The molecule has 1 aliphatic heterocycles. The van der Waals surface area contributed by atoms with Gasteiger partial charge in [0.05, 0.1) is 21.6 Å². The number of sulfonamides is 1. The minimum absolute atomic E-state index is 0.0967. The molecule has 1 fully saturated rings. The van der Waals surface area contributed by atoms with Gasteiger partial charge < -0.3 is 10.1 Å². The SMILES string of the molecule is O=C(CN(c1ccc(Br)cc1)S(=O)(=O)c1ccc(Cl)c([N+](=O)[O-])c1)NCC1CCCO1. The molecule has 0 saturated carbocycles. The van der Waals surface area contributed by atoms with Gasteiger partial charge in [-0.2, -0.15) is 0 Å². The molecular weight excluding hydrogens is 514 g/mol. The van der Waals surface area contributed by atoms with E-state index >= 15 is 0 Å². The van der Waals surface area contributed by atoms with Crippen molar-refractivity contribution in [3.8, 4) is 0 Å². The predicted molar refractivity (Wildman–Crippen MR) is 119 cm³/mol. The minimum Gasteiger partial charge on any atom is -0.376 e. The Bertz CT molecular complexity index is 1070. The number of rotatable bonds is 8. The lowest BCUT2D eigenvalue weighted by Crippen LogP contribution is -2.42. The number of nitrogens with zero attached hydrogens (tertiary/aromatic N) is 2. The van der Waals surface area contributed by atoms with Crippen LogP contribution in [0.25, 0.3) is 0 Å². The molecule has 2 aromatic rings. The second-order valence-electron chi connectivity index (χ2n) is 6.80.